The zero-order chi connectivity index (χ0) is 21.9. The summed E-state index contributed by atoms with van der Waals surface area (Å²) in [6.07, 6.45) is -1.49. The molecule has 2 aromatic rings. The molecular formula is C24H29F3N2O. The molecule has 3 atom stereocenters. The number of rotatable bonds is 5. The van der Waals surface area contributed by atoms with Gasteiger partial charge in [-0.25, -0.2) is 0 Å². The molecule has 0 saturated carbocycles. The van der Waals surface area contributed by atoms with Crippen molar-refractivity contribution in [2.45, 2.75) is 57.8 Å². The minimum Gasteiger partial charge on any atom is -0.343 e. The molecule has 0 aromatic heterocycles. The number of hydrogen-bond donors (Lipinski definition) is 2. The molecule has 6 heteroatoms. The van der Waals surface area contributed by atoms with Gasteiger partial charge in [-0.3, -0.25) is 4.79 Å². The van der Waals surface area contributed by atoms with Crippen molar-refractivity contribution in [3.63, 3.8) is 0 Å². The maximum absolute atomic E-state index is 13.3. The molecule has 0 spiro atoms. The van der Waals surface area contributed by atoms with Crippen LogP contribution in [0.15, 0.2) is 48.5 Å². The Morgan fingerprint density at radius 2 is 1.90 bits per heavy atom. The standard InChI is InChI=1S/C24H29F3N2O/c1-4-17-13-14-23(3,28-15-17)21(18-9-6-5-7-10-18)29-22(30)19-11-8-12-20(16(19)2)24(25,26)27/h5-12,17,21,28H,4,13-15H2,1-3H3,(H,29,30). The van der Waals surface area contributed by atoms with Crippen LogP contribution < -0.4 is 10.6 Å². The van der Waals surface area contributed by atoms with Gasteiger partial charge >= 0.3 is 6.18 Å². The maximum Gasteiger partial charge on any atom is 0.416 e. The van der Waals surface area contributed by atoms with E-state index >= 15 is 0 Å². The summed E-state index contributed by atoms with van der Waals surface area (Å²) in [5.41, 5.74) is -0.239. The normalized spacial score (nSPS) is 23.1. The van der Waals surface area contributed by atoms with Gasteiger partial charge in [0, 0.05) is 11.1 Å². The average molecular weight is 419 g/mol. The van der Waals surface area contributed by atoms with E-state index in [0.717, 1.165) is 37.4 Å². The maximum atomic E-state index is 13.3. The van der Waals surface area contributed by atoms with Gasteiger partial charge in [0.25, 0.3) is 5.91 Å². The van der Waals surface area contributed by atoms with Crippen molar-refractivity contribution in [2.24, 2.45) is 5.92 Å². The van der Waals surface area contributed by atoms with Crippen molar-refractivity contribution in [2.75, 3.05) is 6.54 Å². The molecule has 3 nitrogen and oxygen atoms in total. The quantitative estimate of drug-likeness (QED) is 0.659. The topological polar surface area (TPSA) is 41.1 Å². The van der Waals surface area contributed by atoms with Crippen molar-refractivity contribution in [1.29, 1.82) is 0 Å². The smallest absolute Gasteiger partial charge is 0.343 e. The lowest BCUT2D eigenvalue weighted by Gasteiger charge is -2.44. The third kappa shape index (κ3) is 4.69. The Kier molecular flexibility index (Phi) is 6.56. The van der Waals surface area contributed by atoms with Crippen molar-refractivity contribution in [1.82, 2.24) is 10.6 Å². The molecule has 30 heavy (non-hydrogen) atoms. The van der Waals surface area contributed by atoms with Crippen molar-refractivity contribution < 1.29 is 18.0 Å². The van der Waals surface area contributed by atoms with Gasteiger partial charge in [-0.05, 0) is 62.4 Å². The van der Waals surface area contributed by atoms with Crippen LogP contribution in [-0.2, 0) is 6.18 Å². The molecule has 3 rings (SSSR count). The molecule has 3 unspecified atom stereocenters. The predicted molar refractivity (Wildman–Crippen MR) is 112 cm³/mol. The van der Waals surface area contributed by atoms with E-state index in [1.54, 1.807) is 0 Å². The van der Waals surface area contributed by atoms with Crippen molar-refractivity contribution >= 4 is 5.91 Å². The van der Waals surface area contributed by atoms with Gasteiger partial charge in [0.1, 0.15) is 0 Å². The Morgan fingerprint density at radius 1 is 1.20 bits per heavy atom. The zero-order valence-electron chi connectivity index (χ0n) is 17.6. The number of carbonyl (C=O) groups excluding carboxylic acids is 1. The summed E-state index contributed by atoms with van der Waals surface area (Å²) in [7, 11) is 0. The molecule has 0 aliphatic carbocycles. The molecule has 1 saturated heterocycles. The molecule has 2 aromatic carbocycles. The number of halogens is 3. The summed E-state index contributed by atoms with van der Waals surface area (Å²) in [6, 6.07) is 13.0. The van der Waals surface area contributed by atoms with E-state index in [0.29, 0.717) is 5.92 Å². The highest BCUT2D eigenvalue weighted by Crippen LogP contribution is 2.36. The number of hydrogen-bond acceptors (Lipinski definition) is 2. The monoisotopic (exact) mass is 418 g/mol. The largest absolute Gasteiger partial charge is 0.416 e. The fourth-order valence-corrected chi connectivity index (χ4v) is 4.32. The molecule has 1 aliphatic heterocycles. The van der Waals surface area contributed by atoms with E-state index in [1.807, 2.05) is 30.3 Å². The second-order valence-corrected chi connectivity index (χ2v) is 8.40. The molecule has 1 aliphatic rings. The van der Waals surface area contributed by atoms with Crippen LogP contribution in [-0.4, -0.2) is 18.0 Å². The van der Waals surface area contributed by atoms with Gasteiger partial charge in [-0.2, -0.15) is 13.2 Å². The Hall–Kier alpha value is -2.34. The lowest BCUT2D eigenvalue weighted by Crippen LogP contribution is -2.57. The summed E-state index contributed by atoms with van der Waals surface area (Å²) in [4.78, 5) is 13.1. The second kappa shape index (κ2) is 8.80. The Bertz CT molecular complexity index is 872. The van der Waals surface area contributed by atoms with Gasteiger partial charge < -0.3 is 10.6 Å². The minimum atomic E-state index is -4.49. The summed E-state index contributed by atoms with van der Waals surface area (Å²) in [5.74, 6) is 0.101. The molecular weight excluding hydrogens is 389 g/mol. The van der Waals surface area contributed by atoms with Crippen LogP contribution >= 0.6 is 0 Å². The Morgan fingerprint density at radius 3 is 2.47 bits per heavy atom. The Balaban J connectivity index is 1.92. The number of carbonyl (C=O) groups is 1. The number of nitrogens with one attached hydrogen (secondary N) is 2. The lowest BCUT2D eigenvalue weighted by atomic mass is 9.77. The summed E-state index contributed by atoms with van der Waals surface area (Å²) >= 11 is 0. The minimum absolute atomic E-state index is 0.0524. The van der Waals surface area contributed by atoms with E-state index in [4.69, 9.17) is 0 Å². The molecule has 1 heterocycles. The van der Waals surface area contributed by atoms with Crippen molar-refractivity contribution in [3.8, 4) is 0 Å². The van der Waals surface area contributed by atoms with E-state index < -0.39 is 23.2 Å². The van der Waals surface area contributed by atoms with E-state index in [2.05, 4.69) is 24.5 Å². The highest BCUT2D eigenvalue weighted by molar-refractivity contribution is 5.96. The van der Waals surface area contributed by atoms with Gasteiger partial charge in [0.15, 0.2) is 0 Å². The second-order valence-electron chi connectivity index (χ2n) is 8.40. The zero-order valence-corrected chi connectivity index (χ0v) is 17.6. The lowest BCUT2D eigenvalue weighted by molar-refractivity contribution is -0.138. The third-order valence-corrected chi connectivity index (χ3v) is 6.37. The molecule has 2 N–H and O–H groups in total. The molecule has 1 amide bonds. The number of benzene rings is 2. The van der Waals surface area contributed by atoms with Gasteiger partial charge in [0.2, 0.25) is 0 Å². The first kappa shape index (κ1) is 22.3. The predicted octanol–water partition coefficient (Wildman–Crippen LogP) is 5.65. The van der Waals surface area contributed by atoms with Crippen molar-refractivity contribution in [3.05, 3.63) is 70.8 Å². The summed E-state index contributed by atoms with van der Waals surface area (Å²) in [5, 5.41) is 6.65. The molecule has 0 radical (unpaired) electrons. The first-order valence-corrected chi connectivity index (χ1v) is 10.4. The highest BCUT2D eigenvalue weighted by Gasteiger charge is 2.40. The van der Waals surface area contributed by atoms with Crippen LogP contribution in [0.25, 0.3) is 0 Å². The number of piperidine rings is 1. The Labute approximate surface area is 176 Å². The van der Waals surface area contributed by atoms with Gasteiger partial charge in [-0.15, -0.1) is 0 Å². The SMILES string of the molecule is CCC1CCC(C)(C(NC(=O)c2cccc(C(F)(F)F)c2C)c2ccccc2)NC1. The van der Waals surface area contributed by atoms with E-state index in [-0.39, 0.29) is 17.2 Å². The van der Waals surface area contributed by atoms with Gasteiger partial charge in [0.05, 0.1) is 11.6 Å². The molecule has 1 fully saturated rings. The first-order valence-electron chi connectivity index (χ1n) is 10.4. The van der Waals surface area contributed by atoms with Crippen LogP contribution in [0.2, 0.25) is 0 Å². The third-order valence-electron chi connectivity index (χ3n) is 6.37. The van der Waals surface area contributed by atoms with Crippen LogP contribution in [0.3, 0.4) is 0 Å². The van der Waals surface area contributed by atoms with Crippen LogP contribution in [0.4, 0.5) is 13.2 Å². The first-order chi connectivity index (χ1) is 14.2. The number of amides is 1. The van der Waals surface area contributed by atoms with E-state index in [1.165, 1.54) is 19.1 Å². The highest BCUT2D eigenvalue weighted by atomic mass is 19.4. The average Bonchev–Trinajstić information content (AvgIpc) is 2.72. The van der Waals surface area contributed by atoms with Crippen LogP contribution in [0.5, 0.6) is 0 Å². The number of alkyl halides is 3. The molecule has 0 bridgehead atoms. The fourth-order valence-electron chi connectivity index (χ4n) is 4.32. The summed E-state index contributed by atoms with van der Waals surface area (Å²) in [6.45, 7) is 6.45. The fraction of sp³-hybridized carbons (Fsp3) is 0.458. The van der Waals surface area contributed by atoms with Crippen LogP contribution in [0.1, 0.15) is 66.2 Å². The summed E-state index contributed by atoms with van der Waals surface area (Å²) < 4.78 is 39.9. The van der Waals surface area contributed by atoms with E-state index in [9.17, 15) is 18.0 Å². The van der Waals surface area contributed by atoms with Crippen LogP contribution in [0, 0.1) is 12.8 Å². The molecule has 162 valence electrons. The van der Waals surface area contributed by atoms with Gasteiger partial charge in [-0.1, -0.05) is 49.7 Å².